The van der Waals surface area contributed by atoms with Gasteiger partial charge in [-0.05, 0) is 17.7 Å². The van der Waals surface area contributed by atoms with Gasteiger partial charge in [-0.1, -0.05) is 33.8 Å². The topological polar surface area (TPSA) is 64.9 Å². The number of aromatic nitrogens is 2. The maximum absolute atomic E-state index is 12.9. The van der Waals surface area contributed by atoms with Crippen molar-refractivity contribution in [2.24, 2.45) is 5.73 Å². The van der Waals surface area contributed by atoms with Gasteiger partial charge in [0.1, 0.15) is 5.82 Å². The second-order valence-electron chi connectivity index (χ2n) is 3.19. The van der Waals surface area contributed by atoms with E-state index in [-0.39, 0.29) is 12.4 Å². The number of nitrogens with zero attached hydrogens (tertiary/aromatic N) is 2. The summed E-state index contributed by atoms with van der Waals surface area (Å²) in [6.45, 7) is 0.230. The zero-order chi connectivity index (χ0) is 12.3. The molecule has 1 aromatic heterocycles. The average Bonchev–Trinajstić information content (AvgIpc) is 2.76. The third-order valence-corrected chi connectivity index (χ3v) is 3.59. The Morgan fingerprint density at radius 2 is 2.24 bits per heavy atom. The molecule has 0 amide bonds. The van der Waals surface area contributed by atoms with Crippen LogP contribution in [0.25, 0.3) is 0 Å². The van der Waals surface area contributed by atoms with Crippen molar-refractivity contribution in [1.29, 1.82) is 0 Å². The highest BCUT2D eigenvalue weighted by atomic mass is 79.9. The monoisotopic (exact) mass is 317 g/mol. The number of hydrogen-bond donors (Lipinski definition) is 1. The lowest BCUT2D eigenvalue weighted by Gasteiger charge is -2.01. The SMILES string of the molecule is NCc1nnc(SCc2ccc(F)cc2Br)o1. The van der Waals surface area contributed by atoms with Crippen LogP contribution in [0.15, 0.2) is 32.3 Å². The van der Waals surface area contributed by atoms with Crippen molar-refractivity contribution in [3.05, 3.63) is 39.9 Å². The summed E-state index contributed by atoms with van der Waals surface area (Å²) in [6.07, 6.45) is 0. The second-order valence-corrected chi connectivity index (χ2v) is 4.97. The molecule has 0 fully saturated rings. The molecule has 0 saturated heterocycles. The van der Waals surface area contributed by atoms with Gasteiger partial charge in [-0.15, -0.1) is 10.2 Å². The predicted octanol–water partition coefficient (Wildman–Crippen LogP) is 2.72. The van der Waals surface area contributed by atoms with Crippen LogP contribution in [0, 0.1) is 5.82 Å². The van der Waals surface area contributed by atoms with Crippen molar-refractivity contribution in [3.8, 4) is 0 Å². The number of halogens is 2. The zero-order valence-corrected chi connectivity index (χ0v) is 11.1. The summed E-state index contributed by atoms with van der Waals surface area (Å²) in [7, 11) is 0. The quantitative estimate of drug-likeness (QED) is 0.878. The maximum atomic E-state index is 12.9. The largest absolute Gasteiger partial charge is 0.415 e. The summed E-state index contributed by atoms with van der Waals surface area (Å²) in [5.41, 5.74) is 6.32. The molecule has 1 aromatic carbocycles. The van der Waals surface area contributed by atoms with Gasteiger partial charge in [0, 0.05) is 10.2 Å². The molecule has 4 nitrogen and oxygen atoms in total. The highest BCUT2D eigenvalue weighted by Crippen LogP contribution is 2.26. The van der Waals surface area contributed by atoms with E-state index in [0.717, 1.165) is 10.0 Å². The minimum atomic E-state index is -0.270. The molecular weight excluding hydrogens is 309 g/mol. The molecule has 2 rings (SSSR count). The average molecular weight is 318 g/mol. The van der Waals surface area contributed by atoms with Crippen molar-refractivity contribution in [2.75, 3.05) is 0 Å². The molecule has 2 aromatic rings. The van der Waals surface area contributed by atoms with Crippen molar-refractivity contribution in [3.63, 3.8) is 0 Å². The molecule has 0 radical (unpaired) electrons. The molecule has 0 aliphatic heterocycles. The minimum Gasteiger partial charge on any atom is -0.415 e. The molecule has 0 aliphatic carbocycles. The van der Waals surface area contributed by atoms with Crippen LogP contribution in [-0.2, 0) is 12.3 Å². The van der Waals surface area contributed by atoms with Crippen molar-refractivity contribution in [2.45, 2.75) is 17.5 Å². The van der Waals surface area contributed by atoms with Crippen molar-refractivity contribution >= 4 is 27.7 Å². The van der Waals surface area contributed by atoms with Gasteiger partial charge in [-0.25, -0.2) is 4.39 Å². The Kier molecular flexibility index (Phi) is 4.14. The molecule has 1 heterocycles. The Morgan fingerprint density at radius 1 is 1.41 bits per heavy atom. The first-order chi connectivity index (χ1) is 8.19. The summed E-state index contributed by atoms with van der Waals surface area (Å²) >= 11 is 4.68. The highest BCUT2D eigenvalue weighted by molar-refractivity contribution is 9.10. The zero-order valence-electron chi connectivity index (χ0n) is 8.69. The summed E-state index contributed by atoms with van der Waals surface area (Å²) in [6, 6.07) is 4.56. The van der Waals surface area contributed by atoms with E-state index in [2.05, 4.69) is 26.1 Å². The second kappa shape index (κ2) is 5.61. The molecule has 0 spiro atoms. The molecule has 2 N–H and O–H groups in total. The van der Waals surface area contributed by atoms with E-state index in [0.29, 0.717) is 16.9 Å². The molecule has 0 atom stereocenters. The van der Waals surface area contributed by atoms with Crippen LogP contribution in [0.4, 0.5) is 4.39 Å². The molecular formula is C10H9BrFN3OS. The van der Waals surface area contributed by atoms with Gasteiger partial charge in [0.2, 0.25) is 5.89 Å². The maximum Gasteiger partial charge on any atom is 0.276 e. The van der Waals surface area contributed by atoms with Crippen LogP contribution in [0.5, 0.6) is 0 Å². The molecule has 0 aliphatic rings. The number of hydrogen-bond acceptors (Lipinski definition) is 5. The fourth-order valence-corrected chi connectivity index (χ4v) is 2.62. The van der Waals surface area contributed by atoms with Crippen molar-refractivity contribution < 1.29 is 8.81 Å². The Morgan fingerprint density at radius 3 is 2.88 bits per heavy atom. The Bertz CT molecular complexity index is 520. The Hall–Kier alpha value is -0.920. The van der Waals surface area contributed by atoms with Crippen molar-refractivity contribution in [1.82, 2.24) is 10.2 Å². The van der Waals surface area contributed by atoms with Gasteiger partial charge in [0.05, 0.1) is 6.54 Å². The van der Waals surface area contributed by atoms with Gasteiger partial charge < -0.3 is 10.2 Å². The minimum absolute atomic E-state index is 0.230. The van der Waals surface area contributed by atoms with Gasteiger partial charge >= 0.3 is 0 Å². The molecule has 0 saturated carbocycles. The third kappa shape index (κ3) is 3.27. The highest BCUT2D eigenvalue weighted by Gasteiger charge is 2.07. The van der Waals surface area contributed by atoms with Gasteiger partial charge in [0.15, 0.2) is 0 Å². The normalized spacial score (nSPS) is 10.8. The van der Waals surface area contributed by atoms with E-state index in [1.165, 1.54) is 23.9 Å². The standard InChI is InChI=1S/C10H9BrFN3OS/c11-8-3-7(12)2-1-6(8)5-17-10-15-14-9(4-13)16-10/h1-3H,4-5,13H2. The first kappa shape index (κ1) is 12.5. The van der Waals surface area contributed by atoms with Gasteiger partial charge in [-0.2, -0.15) is 0 Å². The summed E-state index contributed by atoms with van der Waals surface area (Å²) in [5.74, 6) is 0.757. The van der Waals surface area contributed by atoms with Crippen LogP contribution in [0.1, 0.15) is 11.5 Å². The number of rotatable bonds is 4. The predicted molar refractivity (Wildman–Crippen MR) is 65.9 cm³/mol. The molecule has 0 unspecified atom stereocenters. The van der Waals surface area contributed by atoms with E-state index in [9.17, 15) is 4.39 Å². The first-order valence-electron chi connectivity index (χ1n) is 4.78. The lowest BCUT2D eigenvalue weighted by Crippen LogP contribution is -1.95. The summed E-state index contributed by atoms with van der Waals surface area (Å²) < 4.78 is 18.8. The van der Waals surface area contributed by atoms with E-state index in [4.69, 9.17) is 10.2 Å². The lowest BCUT2D eigenvalue weighted by molar-refractivity contribution is 0.415. The van der Waals surface area contributed by atoms with Gasteiger partial charge in [0.25, 0.3) is 5.22 Å². The number of thioether (sulfide) groups is 1. The fraction of sp³-hybridized carbons (Fsp3) is 0.200. The molecule has 0 bridgehead atoms. The smallest absolute Gasteiger partial charge is 0.276 e. The van der Waals surface area contributed by atoms with Crippen LogP contribution >= 0.6 is 27.7 Å². The van der Waals surface area contributed by atoms with E-state index in [1.807, 2.05) is 0 Å². The van der Waals surface area contributed by atoms with Crippen LogP contribution in [0.2, 0.25) is 0 Å². The third-order valence-electron chi connectivity index (χ3n) is 1.99. The number of nitrogens with two attached hydrogens (primary N) is 1. The summed E-state index contributed by atoms with van der Waals surface area (Å²) in [5, 5.41) is 8.04. The first-order valence-corrected chi connectivity index (χ1v) is 6.56. The van der Waals surface area contributed by atoms with Gasteiger partial charge in [-0.3, -0.25) is 0 Å². The van der Waals surface area contributed by atoms with Crippen LogP contribution in [-0.4, -0.2) is 10.2 Å². The number of benzene rings is 1. The van der Waals surface area contributed by atoms with Crippen LogP contribution < -0.4 is 5.73 Å². The molecule has 7 heteroatoms. The lowest BCUT2D eigenvalue weighted by atomic mass is 10.2. The molecule has 17 heavy (non-hydrogen) atoms. The molecule has 90 valence electrons. The Balaban J connectivity index is 2.02. The van der Waals surface area contributed by atoms with E-state index in [1.54, 1.807) is 6.07 Å². The Labute approximate surface area is 110 Å². The van der Waals surface area contributed by atoms with Crippen LogP contribution in [0.3, 0.4) is 0 Å². The van der Waals surface area contributed by atoms with E-state index >= 15 is 0 Å². The fourth-order valence-electron chi connectivity index (χ4n) is 1.16. The van der Waals surface area contributed by atoms with E-state index < -0.39 is 0 Å². The summed E-state index contributed by atoms with van der Waals surface area (Å²) in [4.78, 5) is 0.